The molecule has 0 radical (unpaired) electrons. The topological polar surface area (TPSA) is 109 Å². The lowest BCUT2D eigenvalue weighted by Gasteiger charge is -2.27. The van der Waals surface area contributed by atoms with E-state index in [4.69, 9.17) is 14.9 Å². The summed E-state index contributed by atoms with van der Waals surface area (Å²) in [4.78, 5) is 39.8. The van der Waals surface area contributed by atoms with Gasteiger partial charge >= 0.3 is 5.97 Å². The Balaban J connectivity index is 1.58. The molecule has 42 heavy (non-hydrogen) atoms. The molecule has 3 aromatic carbocycles. The van der Waals surface area contributed by atoms with Gasteiger partial charge in [0.15, 0.2) is 5.78 Å². The lowest BCUT2D eigenvalue weighted by molar-refractivity contribution is -0.142. The highest BCUT2D eigenvalue weighted by molar-refractivity contribution is 8.13. The zero-order valence-electron chi connectivity index (χ0n) is 24.1. The number of para-hydroxylation sites is 1. The highest BCUT2D eigenvalue weighted by atomic mass is 32.2. The second-order valence-corrected chi connectivity index (χ2v) is 11.0. The number of fused-ring (bicyclic) bond motifs is 1. The van der Waals surface area contributed by atoms with Crippen LogP contribution in [-0.2, 0) is 21.7 Å². The van der Waals surface area contributed by atoms with Crippen molar-refractivity contribution in [2.75, 3.05) is 32.1 Å². The number of esters is 1. The van der Waals surface area contributed by atoms with Gasteiger partial charge in [0, 0.05) is 42.6 Å². The predicted molar refractivity (Wildman–Crippen MR) is 167 cm³/mol. The van der Waals surface area contributed by atoms with Gasteiger partial charge < -0.3 is 19.7 Å². The Morgan fingerprint density at radius 2 is 1.83 bits per heavy atom. The number of nitrogens with zero attached hydrogens (tertiary/aromatic N) is 1. The van der Waals surface area contributed by atoms with Crippen LogP contribution in [0.25, 0.3) is 0 Å². The van der Waals surface area contributed by atoms with Gasteiger partial charge in [-0.1, -0.05) is 54.2 Å². The van der Waals surface area contributed by atoms with Crippen LogP contribution in [0.2, 0.25) is 0 Å². The van der Waals surface area contributed by atoms with Crippen molar-refractivity contribution in [1.29, 1.82) is 5.41 Å². The first-order chi connectivity index (χ1) is 20.4. The van der Waals surface area contributed by atoms with Crippen LogP contribution in [0.5, 0.6) is 5.75 Å². The molecule has 1 unspecified atom stereocenters. The summed E-state index contributed by atoms with van der Waals surface area (Å²) in [5.41, 5.74) is 4.63. The van der Waals surface area contributed by atoms with Gasteiger partial charge in [-0.2, -0.15) is 0 Å². The van der Waals surface area contributed by atoms with Crippen LogP contribution < -0.4 is 10.1 Å². The van der Waals surface area contributed by atoms with E-state index in [0.29, 0.717) is 54.4 Å². The standard InChI is InChI=1S/C33H37N3O5S/c1-3-40-32(38)18-19-35-28-14-8-7-12-26(28)33(39)42-21-27-24-13-9-15-29(37)25(24)16-17-30(27)41-31(20-36(2)22-34)23-10-5-4-6-11-23/h4-8,10-12,14,16-17,22,31,34-35H,3,9,13,15,18-21H2,1-2H3. The van der Waals surface area contributed by atoms with E-state index in [1.165, 1.54) is 18.1 Å². The minimum Gasteiger partial charge on any atom is -0.484 e. The van der Waals surface area contributed by atoms with Gasteiger partial charge in [0.25, 0.3) is 0 Å². The molecule has 8 nitrogen and oxygen atoms in total. The average molecular weight is 588 g/mol. The van der Waals surface area contributed by atoms with Gasteiger partial charge in [0.2, 0.25) is 5.12 Å². The number of thioether (sulfide) groups is 1. The van der Waals surface area contributed by atoms with Gasteiger partial charge in [-0.15, -0.1) is 0 Å². The van der Waals surface area contributed by atoms with Crippen LogP contribution in [0.3, 0.4) is 0 Å². The van der Waals surface area contributed by atoms with Crippen LogP contribution in [-0.4, -0.2) is 54.9 Å². The molecule has 1 atom stereocenters. The number of ether oxygens (including phenoxy) is 2. The number of carbonyl (C=O) groups is 3. The molecule has 0 saturated carbocycles. The molecule has 1 aliphatic rings. The molecular weight excluding hydrogens is 550 g/mol. The molecule has 0 bridgehead atoms. The summed E-state index contributed by atoms with van der Waals surface area (Å²) in [6, 6.07) is 20.8. The van der Waals surface area contributed by atoms with E-state index in [9.17, 15) is 14.4 Å². The fourth-order valence-corrected chi connectivity index (χ4v) is 5.88. The lowest BCUT2D eigenvalue weighted by atomic mass is 9.87. The van der Waals surface area contributed by atoms with Crippen molar-refractivity contribution in [1.82, 2.24) is 4.90 Å². The molecular formula is C33H37N3O5S. The van der Waals surface area contributed by atoms with Crippen LogP contribution in [0.15, 0.2) is 66.7 Å². The Bertz CT molecular complexity index is 1410. The molecule has 0 aliphatic heterocycles. The number of carbonyl (C=O) groups excluding carboxylic acids is 3. The summed E-state index contributed by atoms with van der Waals surface area (Å²) < 4.78 is 11.6. The van der Waals surface area contributed by atoms with Crippen molar-refractivity contribution in [2.24, 2.45) is 0 Å². The molecule has 0 amide bonds. The fraction of sp³-hybridized carbons (Fsp3) is 0.333. The summed E-state index contributed by atoms with van der Waals surface area (Å²) in [5, 5.41) is 10.7. The number of anilines is 1. The normalized spacial score (nSPS) is 13.0. The van der Waals surface area contributed by atoms with E-state index in [-0.39, 0.29) is 29.4 Å². The van der Waals surface area contributed by atoms with Gasteiger partial charge in [0.05, 0.1) is 31.5 Å². The second-order valence-electron chi connectivity index (χ2n) is 10.0. The highest BCUT2D eigenvalue weighted by Crippen LogP contribution is 2.37. The third kappa shape index (κ3) is 8.00. The van der Waals surface area contributed by atoms with Crippen LogP contribution in [0.4, 0.5) is 5.69 Å². The molecule has 4 rings (SSSR count). The predicted octanol–water partition coefficient (Wildman–Crippen LogP) is 6.30. The third-order valence-corrected chi connectivity index (χ3v) is 7.99. The van der Waals surface area contributed by atoms with Crippen molar-refractivity contribution in [3.8, 4) is 5.75 Å². The van der Waals surface area contributed by atoms with Gasteiger partial charge in [-0.3, -0.25) is 19.8 Å². The van der Waals surface area contributed by atoms with Crippen LogP contribution in [0.1, 0.15) is 69.7 Å². The SMILES string of the molecule is CCOC(=O)CCNc1ccccc1C(=O)SCc1c(OC(CN(C)C=N)c2ccccc2)ccc2c1CCCC2=O. The molecule has 0 heterocycles. The monoisotopic (exact) mass is 587 g/mol. The Hall–Kier alpha value is -4.11. The van der Waals surface area contributed by atoms with E-state index in [0.717, 1.165) is 29.5 Å². The van der Waals surface area contributed by atoms with Gasteiger partial charge in [-0.05, 0) is 55.2 Å². The summed E-state index contributed by atoms with van der Waals surface area (Å²) in [6.45, 7) is 2.91. The summed E-state index contributed by atoms with van der Waals surface area (Å²) in [7, 11) is 1.82. The molecule has 0 saturated heterocycles. The second kappa shape index (κ2) is 15.2. The first-order valence-corrected chi connectivity index (χ1v) is 15.2. The minimum atomic E-state index is -0.362. The van der Waals surface area contributed by atoms with E-state index in [2.05, 4.69) is 5.32 Å². The zero-order valence-corrected chi connectivity index (χ0v) is 24.9. The maximum absolute atomic E-state index is 13.5. The smallest absolute Gasteiger partial charge is 0.307 e. The van der Waals surface area contributed by atoms with Crippen molar-refractivity contribution in [3.63, 3.8) is 0 Å². The van der Waals surface area contributed by atoms with E-state index >= 15 is 0 Å². The number of rotatable bonds is 14. The Kier molecular flexibility index (Phi) is 11.2. The molecule has 2 N–H and O–H groups in total. The maximum Gasteiger partial charge on any atom is 0.307 e. The number of Topliss-reactive ketones (excluding diaryl/α,β-unsaturated/α-hetero) is 1. The summed E-state index contributed by atoms with van der Waals surface area (Å²) >= 11 is 1.17. The molecule has 0 spiro atoms. The molecule has 0 aromatic heterocycles. The van der Waals surface area contributed by atoms with Crippen LogP contribution >= 0.6 is 11.8 Å². The lowest BCUT2D eigenvalue weighted by Crippen LogP contribution is -2.26. The van der Waals surface area contributed by atoms with Gasteiger partial charge in [-0.25, -0.2) is 0 Å². The van der Waals surface area contributed by atoms with E-state index in [1.807, 2.05) is 67.7 Å². The van der Waals surface area contributed by atoms with E-state index in [1.54, 1.807) is 17.9 Å². The molecule has 3 aromatic rings. The first kappa shape index (κ1) is 30.8. The maximum atomic E-state index is 13.5. The van der Waals surface area contributed by atoms with Crippen LogP contribution in [0, 0.1) is 5.41 Å². The Morgan fingerprint density at radius 1 is 1.07 bits per heavy atom. The Morgan fingerprint density at radius 3 is 2.60 bits per heavy atom. The van der Waals surface area contributed by atoms with E-state index < -0.39 is 0 Å². The quantitative estimate of drug-likeness (QED) is 0.128. The average Bonchev–Trinajstić information content (AvgIpc) is 3.00. The third-order valence-electron chi connectivity index (χ3n) is 7.08. The fourth-order valence-electron chi connectivity index (χ4n) is 4.96. The van der Waals surface area contributed by atoms with Crippen molar-refractivity contribution in [3.05, 3.63) is 94.5 Å². The number of nitrogens with one attached hydrogen (secondary N) is 2. The summed E-state index contributed by atoms with van der Waals surface area (Å²) in [6.07, 6.45) is 3.11. The first-order valence-electron chi connectivity index (χ1n) is 14.2. The Labute approximate surface area is 251 Å². The number of likely N-dealkylation sites (N-methyl/N-ethyl adjacent to an activating group) is 1. The summed E-state index contributed by atoms with van der Waals surface area (Å²) in [5.74, 6) is 0.792. The zero-order chi connectivity index (χ0) is 29.9. The van der Waals surface area contributed by atoms with Crippen molar-refractivity contribution in [2.45, 2.75) is 44.5 Å². The molecule has 1 aliphatic carbocycles. The largest absolute Gasteiger partial charge is 0.484 e. The highest BCUT2D eigenvalue weighted by Gasteiger charge is 2.26. The number of hydrogen-bond acceptors (Lipinski definition) is 8. The molecule has 0 fully saturated rings. The van der Waals surface area contributed by atoms with Crippen molar-refractivity contribution >= 4 is 40.7 Å². The molecule has 9 heteroatoms. The number of hydrogen-bond donors (Lipinski definition) is 2. The number of benzene rings is 3. The number of ketones is 1. The van der Waals surface area contributed by atoms with Crippen molar-refractivity contribution < 1.29 is 23.9 Å². The molecule has 220 valence electrons. The minimum absolute atomic E-state index is 0.111. The van der Waals surface area contributed by atoms with Gasteiger partial charge in [0.1, 0.15) is 11.9 Å².